The third-order valence-corrected chi connectivity index (χ3v) is 4.83. The standard InChI is InChI=1S/C21H16Cl3NO3/c22-15-3-1-13(2-4-15)12-28-20-8-5-16(23)9-14(20)11-25-17-6-7-19(24)18(10-17)21(26)27/h1-10,25H,11-12H2,(H,26,27). The summed E-state index contributed by atoms with van der Waals surface area (Å²) in [6.07, 6.45) is 0. The van der Waals surface area contributed by atoms with Crippen molar-refractivity contribution in [3.05, 3.63) is 92.4 Å². The minimum Gasteiger partial charge on any atom is -0.489 e. The fourth-order valence-electron chi connectivity index (χ4n) is 2.57. The van der Waals surface area contributed by atoms with Crippen LogP contribution in [0.5, 0.6) is 5.75 Å². The number of nitrogens with one attached hydrogen (secondary N) is 1. The van der Waals surface area contributed by atoms with Gasteiger partial charge in [-0.25, -0.2) is 4.79 Å². The van der Waals surface area contributed by atoms with E-state index in [-0.39, 0.29) is 10.6 Å². The number of rotatable bonds is 7. The maximum atomic E-state index is 11.2. The smallest absolute Gasteiger partial charge is 0.337 e. The van der Waals surface area contributed by atoms with Gasteiger partial charge in [-0.05, 0) is 54.1 Å². The first-order valence-corrected chi connectivity index (χ1v) is 9.48. The summed E-state index contributed by atoms with van der Waals surface area (Å²) < 4.78 is 5.93. The second-order valence-electron chi connectivity index (χ2n) is 6.02. The molecule has 0 fully saturated rings. The van der Waals surface area contributed by atoms with E-state index >= 15 is 0 Å². The van der Waals surface area contributed by atoms with Gasteiger partial charge in [0.05, 0.1) is 10.6 Å². The van der Waals surface area contributed by atoms with Crippen LogP contribution in [-0.2, 0) is 13.2 Å². The van der Waals surface area contributed by atoms with E-state index in [4.69, 9.17) is 39.5 Å². The topological polar surface area (TPSA) is 58.6 Å². The highest BCUT2D eigenvalue weighted by atomic mass is 35.5. The van der Waals surface area contributed by atoms with Gasteiger partial charge < -0.3 is 15.2 Å². The van der Waals surface area contributed by atoms with Crippen LogP contribution < -0.4 is 10.1 Å². The number of anilines is 1. The third kappa shape index (κ3) is 5.32. The van der Waals surface area contributed by atoms with Crippen LogP contribution in [-0.4, -0.2) is 11.1 Å². The molecule has 0 unspecified atom stereocenters. The Labute approximate surface area is 177 Å². The lowest BCUT2D eigenvalue weighted by Crippen LogP contribution is -2.05. The first kappa shape index (κ1) is 20.3. The zero-order valence-corrected chi connectivity index (χ0v) is 16.9. The summed E-state index contributed by atoms with van der Waals surface area (Å²) in [6, 6.07) is 17.5. The maximum absolute atomic E-state index is 11.2. The summed E-state index contributed by atoms with van der Waals surface area (Å²) >= 11 is 17.9. The van der Waals surface area contributed by atoms with Crippen molar-refractivity contribution in [1.29, 1.82) is 0 Å². The Bertz CT molecular complexity index is 991. The van der Waals surface area contributed by atoms with Crippen molar-refractivity contribution in [3.63, 3.8) is 0 Å². The van der Waals surface area contributed by atoms with E-state index in [1.165, 1.54) is 6.07 Å². The van der Waals surface area contributed by atoms with Crippen LogP contribution in [0.4, 0.5) is 5.69 Å². The van der Waals surface area contributed by atoms with Crippen molar-refractivity contribution in [1.82, 2.24) is 0 Å². The summed E-state index contributed by atoms with van der Waals surface area (Å²) in [5.41, 5.74) is 2.50. The van der Waals surface area contributed by atoms with Gasteiger partial charge in [0.15, 0.2) is 0 Å². The number of carboxylic acid groups (broad SMARTS) is 1. The number of benzene rings is 3. The van der Waals surface area contributed by atoms with Crippen LogP contribution in [0.15, 0.2) is 60.7 Å². The molecule has 3 aromatic carbocycles. The average Bonchev–Trinajstić information content (AvgIpc) is 2.67. The predicted octanol–water partition coefficient (Wildman–Crippen LogP) is 6.54. The maximum Gasteiger partial charge on any atom is 0.337 e. The Morgan fingerprint density at radius 2 is 1.64 bits per heavy atom. The van der Waals surface area contributed by atoms with E-state index in [1.54, 1.807) is 30.3 Å². The van der Waals surface area contributed by atoms with Crippen LogP contribution in [0.1, 0.15) is 21.5 Å². The van der Waals surface area contributed by atoms with Crippen molar-refractivity contribution < 1.29 is 14.6 Å². The largest absolute Gasteiger partial charge is 0.489 e. The SMILES string of the molecule is O=C(O)c1cc(NCc2cc(Cl)ccc2OCc2ccc(Cl)cc2)ccc1Cl. The first-order chi connectivity index (χ1) is 13.4. The Kier molecular flexibility index (Phi) is 6.68. The van der Waals surface area contributed by atoms with E-state index in [1.807, 2.05) is 24.3 Å². The lowest BCUT2D eigenvalue weighted by atomic mass is 10.1. The van der Waals surface area contributed by atoms with Gasteiger partial charge in [0.25, 0.3) is 0 Å². The predicted molar refractivity (Wildman–Crippen MR) is 113 cm³/mol. The number of halogens is 3. The molecular weight excluding hydrogens is 421 g/mol. The molecule has 0 saturated carbocycles. The van der Waals surface area contributed by atoms with Gasteiger partial charge in [-0.1, -0.05) is 46.9 Å². The van der Waals surface area contributed by atoms with Crippen LogP contribution in [0.25, 0.3) is 0 Å². The molecule has 0 atom stereocenters. The molecule has 3 aromatic rings. The van der Waals surface area contributed by atoms with Crippen molar-refractivity contribution >= 4 is 46.5 Å². The van der Waals surface area contributed by atoms with Crippen molar-refractivity contribution in [2.24, 2.45) is 0 Å². The first-order valence-electron chi connectivity index (χ1n) is 8.35. The second kappa shape index (κ2) is 9.20. The molecule has 0 saturated heterocycles. The zero-order chi connectivity index (χ0) is 20.1. The Hall–Kier alpha value is -2.40. The van der Waals surface area contributed by atoms with Crippen LogP contribution >= 0.6 is 34.8 Å². The third-order valence-electron chi connectivity index (χ3n) is 4.01. The fourth-order valence-corrected chi connectivity index (χ4v) is 3.08. The van der Waals surface area contributed by atoms with Gasteiger partial charge in [-0.15, -0.1) is 0 Å². The monoisotopic (exact) mass is 435 g/mol. The normalized spacial score (nSPS) is 10.5. The fraction of sp³-hybridized carbons (Fsp3) is 0.0952. The van der Waals surface area contributed by atoms with Gasteiger partial charge in [-0.3, -0.25) is 0 Å². The molecule has 0 bridgehead atoms. The number of hydrogen-bond donors (Lipinski definition) is 2. The molecule has 0 amide bonds. The number of aromatic carboxylic acids is 1. The van der Waals surface area contributed by atoms with Gasteiger partial charge in [0, 0.05) is 27.8 Å². The van der Waals surface area contributed by atoms with Crippen molar-refractivity contribution in [2.45, 2.75) is 13.2 Å². The Morgan fingerprint density at radius 1 is 0.929 bits per heavy atom. The van der Waals surface area contributed by atoms with Gasteiger partial charge in [0.2, 0.25) is 0 Å². The molecule has 0 heterocycles. The highest BCUT2D eigenvalue weighted by molar-refractivity contribution is 6.33. The summed E-state index contributed by atoms with van der Waals surface area (Å²) in [7, 11) is 0. The van der Waals surface area contributed by atoms with E-state index in [9.17, 15) is 9.90 Å². The molecule has 0 aromatic heterocycles. The van der Waals surface area contributed by atoms with Gasteiger partial charge in [-0.2, -0.15) is 0 Å². The Morgan fingerprint density at radius 3 is 2.36 bits per heavy atom. The molecule has 28 heavy (non-hydrogen) atoms. The molecule has 7 heteroatoms. The van der Waals surface area contributed by atoms with Crippen molar-refractivity contribution in [3.8, 4) is 5.75 Å². The summed E-state index contributed by atoms with van der Waals surface area (Å²) in [6.45, 7) is 0.785. The number of ether oxygens (including phenoxy) is 1. The highest BCUT2D eigenvalue weighted by Gasteiger charge is 2.10. The number of hydrogen-bond acceptors (Lipinski definition) is 3. The van der Waals surface area contributed by atoms with Crippen LogP contribution in [0.2, 0.25) is 15.1 Å². The van der Waals surface area contributed by atoms with Crippen molar-refractivity contribution in [2.75, 3.05) is 5.32 Å². The van der Waals surface area contributed by atoms with Gasteiger partial charge >= 0.3 is 5.97 Å². The lowest BCUT2D eigenvalue weighted by molar-refractivity contribution is 0.0697. The van der Waals surface area contributed by atoms with E-state index in [0.717, 1.165) is 11.1 Å². The summed E-state index contributed by atoms with van der Waals surface area (Å²) in [4.78, 5) is 11.2. The van der Waals surface area contributed by atoms with Gasteiger partial charge in [0.1, 0.15) is 12.4 Å². The summed E-state index contributed by atoms with van der Waals surface area (Å²) in [5.74, 6) is -0.400. The molecule has 0 aliphatic heterocycles. The molecule has 0 aliphatic carbocycles. The number of carbonyl (C=O) groups is 1. The minimum atomic E-state index is -1.08. The highest BCUT2D eigenvalue weighted by Crippen LogP contribution is 2.26. The molecule has 0 spiro atoms. The minimum absolute atomic E-state index is 0.0389. The molecular formula is C21H16Cl3NO3. The molecule has 3 rings (SSSR count). The summed E-state index contributed by atoms with van der Waals surface area (Å²) in [5, 5.41) is 13.8. The van der Waals surface area contributed by atoms with E-state index < -0.39 is 5.97 Å². The quantitative estimate of drug-likeness (QED) is 0.442. The Balaban J connectivity index is 1.73. The number of carboxylic acids is 1. The second-order valence-corrected chi connectivity index (χ2v) is 7.30. The molecule has 144 valence electrons. The zero-order valence-electron chi connectivity index (χ0n) is 14.6. The molecule has 0 radical (unpaired) electrons. The average molecular weight is 437 g/mol. The molecule has 0 aliphatic rings. The lowest BCUT2D eigenvalue weighted by Gasteiger charge is -2.14. The van der Waals surface area contributed by atoms with E-state index in [0.29, 0.717) is 34.6 Å². The van der Waals surface area contributed by atoms with Crippen LogP contribution in [0.3, 0.4) is 0 Å². The molecule has 4 nitrogen and oxygen atoms in total. The van der Waals surface area contributed by atoms with E-state index in [2.05, 4.69) is 5.32 Å². The molecule has 2 N–H and O–H groups in total. The van der Waals surface area contributed by atoms with Crippen LogP contribution in [0, 0.1) is 0 Å².